The molecule has 0 aromatic heterocycles. The first-order valence-electron chi connectivity index (χ1n) is 11.5. The summed E-state index contributed by atoms with van der Waals surface area (Å²) in [5.74, 6) is -3.36. The van der Waals surface area contributed by atoms with Crippen molar-refractivity contribution in [1.82, 2.24) is 0 Å². The van der Waals surface area contributed by atoms with Crippen LogP contribution in [0.15, 0.2) is 95.9 Å². The Hall–Kier alpha value is -3.55. The Morgan fingerprint density at radius 1 is 0.833 bits per heavy atom. The lowest BCUT2D eigenvalue weighted by molar-refractivity contribution is -0.313. The molecule has 0 saturated heterocycles. The van der Waals surface area contributed by atoms with Crippen molar-refractivity contribution >= 4 is 52.5 Å². The molecule has 0 spiro atoms. The van der Waals surface area contributed by atoms with Crippen molar-refractivity contribution in [3.63, 3.8) is 0 Å². The lowest BCUT2D eigenvalue weighted by atomic mass is 9.82. The minimum absolute atomic E-state index is 0.214. The third-order valence-electron chi connectivity index (χ3n) is 5.86. The smallest absolute Gasteiger partial charge is 0.242 e. The topological polar surface area (TPSA) is 98.3 Å². The normalized spacial score (nSPS) is 17.7. The van der Waals surface area contributed by atoms with Gasteiger partial charge in [0.1, 0.15) is 5.25 Å². The zero-order chi connectivity index (χ0) is 25.5. The van der Waals surface area contributed by atoms with Gasteiger partial charge in [0.25, 0.3) is 0 Å². The number of amides is 2. The Balaban J connectivity index is 1.52. The number of benzene rings is 3. The average molecular weight is 520 g/mol. The molecule has 6 nitrogen and oxygen atoms in total. The molecule has 3 atom stereocenters. The van der Waals surface area contributed by atoms with E-state index in [9.17, 15) is 19.5 Å². The molecule has 0 saturated carbocycles. The fourth-order valence-corrected chi connectivity index (χ4v) is 5.33. The maximum atomic E-state index is 13.3. The van der Waals surface area contributed by atoms with Gasteiger partial charge in [0.15, 0.2) is 0 Å². The van der Waals surface area contributed by atoms with E-state index in [0.29, 0.717) is 22.8 Å². The molecule has 1 aliphatic rings. The molecule has 4 rings (SSSR count). The number of rotatable bonds is 8. The van der Waals surface area contributed by atoms with Crippen molar-refractivity contribution in [2.45, 2.75) is 23.0 Å². The zero-order valence-corrected chi connectivity index (χ0v) is 20.8. The van der Waals surface area contributed by atoms with E-state index in [1.54, 1.807) is 48.5 Å². The number of carboxylic acids is 1. The van der Waals surface area contributed by atoms with Crippen LogP contribution >= 0.6 is 23.4 Å². The Labute approximate surface area is 218 Å². The van der Waals surface area contributed by atoms with Gasteiger partial charge in [0.2, 0.25) is 11.8 Å². The van der Waals surface area contributed by atoms with E-state index >= 15 is 0 Å². The standard InChI is InChI=1S/C28H25ClN2O4S/c29-19-10-6-11-20(16-19)31-27(33)25(18-8-2-1-3-9-18)36-22-13-7-12-21(17-22)30-26(32)23-14-4-5-15-24(23)28(34)35/h1-13,16-17,23-25H,14-15H2,(H,30,32)(H,31,33)(H,34,35)/p-1. The van der Waals surface area contributed by atoms with Gasteiger partial charge < -0.3 is 20.5 Å². The number of carbonyl (C=O) groups is 3. The second-order valence-corrected chi connectivity index (χ2v) is 10.0. The number of allylic oxidation sites excluding steroid dienone is 2. The summed E-state index contributed by atoms with van der Waals surface area (Å²) in [7, 11) is 0. The van der Waals surface area contributed by atoms with Gasteiger partial charge in [-0.15, -0.1) is 11.8 Å². The number of halogens is 1. The van der Waals surface area contributed by atoms with Gasteiger partial charge in [-0.05, 0) is 54.8 Å². The molecule has 184 valence electrons. The zero-order valence-electron chi connectivity index (χ0n) is 19.2. The van der Waals surface area contributed by atoms with Crippen molar-refractivity contribution < 1.29 is 19.5 Å². The van der Waals surface area contributed by atoms with Gasteiger partial charge >= 0.3 is 0 Å². The first kappa shape index (κ1) is 25.5. The van der Waals surface area contributed by atoms with Crippen LogP contribution in [0.5, 0.6) is 0 Å². The maximum absolute atomic E-state index is 13.3. The maximum Gasteiger partial charge on any atom is 0.242 e. The summed E-state index contributed by atoms with van der Waals surface area (Å²) in [5.41, 5.74) is 1.94. The van der Waals surface area contributed by atoms with Crippen LogP contribution in [0.4, 0.5) is 11.4 Å². The van der Waals surface area contributed by atoms with Crippen LogP contribution < -0.4 is 15.7 Å². The van der Waals surface area contributed by atoms with Crippen molar-refractivity contribution in [1.29, 1.82) is 0 Å². The molecule has 2 amide bonds. The van der Waals surface area contributed by atoms with Gasteiger partial charge in [-0.3, -0.25) is 9.59 Å². The highest BCUT2D eigenvalue weighted by Gasteiger charge is 2.30. The number of aliphatic carboxylic acids is 1. The first-order chi connectivity index (χ1) is 17.4. The van der Waals surface area contributed by atoms with Crippen LogP contribution in [0.25, 0.3) is 0 Å². The van der Waals surface area contributed by atoms with E-state index in [-0.39, 0.29) is 18.2 Å². The van der Waals surface area contributed by atoms with E-state index in [1.165, 1.54) is 11.8 Å². The second-order valence-electron chi connectivity index (χ2n) is 8.40. The Morgan fingerprint density at radius 2 is 1.50 bits per heavy atom. The number of carboxylic acid groups (broad SMARTS) is 1. The number of anilines is 2. The quantitative estimate of drug-likeness (QED) is 0.319. The van der Waals surface area contributed by atoms with E-state index in [4.69, 9.17) is 11.6 Å². The highest BCUT2D eigenvalue weighted by molar-refractivity contribution is 8.00. The minimum atomic E-state index is -1.22. The van der Waals surface area contributed by atoms with E-state index in [2.05, 4.69) is 10.6 Å². The summed E-state index contributed by atoms with van der Waals surface area (Å²) in [6.45, 7) is 0. The predicted molar refractivity (Wildman–Crippen MR) is 141 cm³/mol. The summed E-state index contributed by atoms with van der Waals surface area (Å²) in [6, 6.07) is 23.5. The third kappa shape index (κ3) is 6.56. The molecule has 0 heterocycles. The van der Waals surface area contributed by atoms with Gasteiger partial charge in [0.05, 0.1) is 5.92 Å². The SMILES string of the molecule is O=C(Nc1cccc(Cl)c1)C(Sc1cccc(NC(=O)C2CC=CCC2C(=O)[O-])c1)c1ccccc1. The molecule has 1 aliphatic carbocycles. The Morgan fingerprint density at radius 3 is 2.19 bits per heavy atom. The van der Waals surface area contributed by atoms with E-state index in [1.807, 2.05) is 42.5 Å². The lowest BCUT2D eigenvalue weighted by Crippen LogP contribution is -2.41. The molecular weight excluding hydrogens is 496 g/mol. The van der Waals surface area contributed by atoms with E-state index < -0.39 is 23.1 Å². The summed E-state index contributed by atoms with van der Waals surface area (Å²) in [4.78, 5) is 38.4. The van der Waals surface area contributed by atoms with Gasteiger partial charge in [-0.2, -0.15) is 0 Å². The van der Waals surface area contributed by atoms with Crippen LogP contribution in [0.3, 0.4) is 0 Å². The number of carbonyl (C=O) groups excluding carboxylic acids is 3. The molecular formula is C28H24ClN2O4S-. The summed E-state index contributed by atoms with van der Waals surface area (Å²) >= 11 is 7.41. The van der Waals surface area contributed by atoms with Crippen LogP contribution in [0.1, 0.15) is 23.7 Å². The Bertz CT molecular complexity index is 1280. The molecule has 0 radical (unpaired) electrons. The fraction of sp³-hybridized carbons (Fsp3) is 0.179. The summed E-state index contributed by atoms with van der Waals surface area (Å²) in [5, 5.41) is 17.2. The van der Waals surface area contributed by atoms with Crippen molar-refractivity contribution in [2.75, 3.05) is 10.6 Å². The number of hydrogen-bond donors (Lipinski definition) is 2. The predicted octanol–water partition coefficient (Wildman–Crippen LogP) is 5.08. The third-order valence-corrected chi connectivity index (χ3v) is 7.34. The van der Waals surface area contributed by atoms with Crippen molar-refractivity contribution in [2.24, 2.45) is 11.8 Å². The lowest BCUT2D eigenvalue weighted by Gasteiger charge is -2.28. The molecule has 8 heteroatoms. The first-order valence-corrected chi connectivity index (χ1v) is 12.7. The highest BCUT2D eigenvalue weighted by Crippen LogP contribution is 2.37. The van der Waals surface area contributed by atoms with Crippen LogP contribution in [0, 0.1) is 11.8 Å². The van der Waals surface area contributed by atoms with Gasteiger partial charge in [-0.1, -0.05) is 66.2 Å². The molecule has 36 heavy (non-hydrogen) atoms. The summed E-state index contributed by atoms with van der Waals surface area (Å²) < 4.78 is 0. The molecule has 0 aliphatic heterocycles. The molecule has 3 unspecified atom stereocenters. The van der Waals surface area contributed by atoms with Crippen molar-refractivity contribution in [3.05, 3.63) is 102 Å². The van der Waals surface area contributed by atoms with Gasteiger partial charge in [-0.25, -0.2) is 0 Å². The monoisotopic (exact) mass is 519 g/mol. The number of thioether (sulfide) groups is 1. The fourth-order valence-electron chi connectivity index (χ4n) is 4.06. The molecule has 3 aromatic rings. The average Bonchev–Trinajstić information content (AvgIpc) is 2.88. The second kappa shape index (κ2) is 11.9. The minimum Gasteiger partial charge on any atom is -0.550 e. The van der Waals surface area contributed by atoms with Crippen LogP contribution in [0.2, 0.25) is 5.02 Å². The highest BCUT2D eigenvalue weighted by atomic mass is 35.5. The largest absolute Gasteiger partial charge is 0.550 e. The summed E-state index contributed by atoms with van der Waals surface area (Å²) in [6.07, 6.45) is 4.20. The molecule has 2 N–H and O–H groups in total. The van der Waals surface area contributed by atoms with Crippen LogP contribution in [-0.2, 0) is 14.4 Å². The molecule has 3 aromatic carbocycles. The molecule has 0 fully saturated rings. The van der Waals surface area contributed by atoms with Gasteiger partial charge in [0, 0.05) is 33.2 Å². The van der Waals surface area contributed by atoms with Crippen molar-refractivity contribution in [3.8, 4) is 0 Å². The molecule has 0 bridgehead atoms. The number of hydrogen-bond acceptors (Lipinski definition) is 5. The van der Waals surface area contributed by atoms with Crippen LogP contribution in [-0.4, -0.2) is 17.8 Å². The number of nitrogens with one attached hydrogen (secondary N) is 2. The Kier molecular flexibility index (Phi) is 8.46. The van der Waals surface area contributed by atoms with E-state index in [0.717, 1.165) is 10.5 Å².